The molecule has 0 radical (unpaired) electrons. The number of halogens is 1. The van der Waals surface area contributed by atoms with Gasteiger partial charge in [-0.2, -0.15) is 0 Å². The number of pyridine rings is 1. The molecular formula is C11H12ClN3. The molecule has 78 valence electrons. The normalized spacial score (nSPS) is 10.5. The summed E-state index contributed by atoms with van der Waals surface area (Å²) in [5.74, 6) is 1.06. The van der Waals surface area contributed by atoms with E-state index >= 15 is 0 Å². The second kappa shape index (κ2) is 4.45. The van der Waals surface area contributed by atoms with Crippen molar-refractivity contribution >= 4 is 11.6 Å². The molecule has 2 heterocycles. The van der Waals surface area contributed by atoms with Crippen LogP contribution in [0, 0.1) is 0 Å². The zero-order chi connectivity index (χ0) is 10.7. The van der Waals surface area contributed by atoms with Crippen LogP contribution in [-0.2, 0) is 6.42 Å². The van der Waals surface area contributed by atoms with Crippen LogP contribution < -0.4 is 0 Å². The summed E-state index contributed by atoms with van der Waals surface area (Å²) in [7, 11) is 0. The molecule has 0 fully saturated rings. The van der Waals surface area contributed by atoms with Crippen LogP contribution in [0.2, 0.25) is 5.15 Å². The Balaban J connectivity index is 2.40. The number of rotatable bonds is 3. The van der Waals surface area contributed by atoms with E-state index in [1.165, 1.54) is 0 Å². The maximum atomic E-state index is 5.85. The lowest BCUT2D eigenvalue weighted by atomic mass is 10.3. The standard InChI is InChI=1S/C11H12ClN3/c1-2-3-11-14-6-7-15(11)9-4-5-13-10(12)8-9/h4-8H,2-3H2,1H3. The zero-order valence-corrected chi connectivity index (χ0v) is 9.28. The van der Waals surface area contributed by atoms with Crippen molar-refractivity contribution in [2.75, 3.05) is 0 Å². The van der Waals surface area contributed by atoms with Gasteiger partial charge in [0.1, 0.15) is 11.0 Å². The number of imidazole rings is 1. The summed E-state index contributed by atoms with van der Waals surface area (Å²) in [6, 6.07) is 3.76. The molecule has 0 saturated heterocycles. The molecule has 0 amide bonds. The smallest absolute Gasteiger partial charge is 0.131 e. The minimum absolute atomic E-state index is 0.503. The van der Waals surface area contributed by atoms with E-state index in [-0.39, 0.29) is 0 Å². The molecule has 0 aliphatic heterocycles. The van der Waals surface area contributed by atoms with Crippen molar-refractivity contribution in [1.29, 1.82) is 0 Å². The minimum Gasteiger partial charge on any atom is -0.304 e. The maximum Gasteiger partial charge on any atom is 0.131 e. The van der Waals surface area contributed by atoms with E-state index in [2.05, 4.69) is 16.9 Å². The Morgan fingerprint density at radius 3 is 2.93 bits per heavy atom. The van der Waals surface area contributed by atoms with Gasteiger partial charge in [-0.15, -0.1) is 0 Å². The van der Waals surface area contributed by atoms with Gasteiger partial charge in [0.2, 0.25) is 0 Å². The van der Waals surface area contributed by atoms with Crippen molar-refractivity contribution in [3.63, 3.8) is 0 Å². The monoisotopic (exact) mass is 221 g/mol. The van der Waals surface area contributed by atoms with Crippen LogP contribution in [0.5, 0.6) is 0 Å². The molecule has 3 nitrogen and oxygen atoms in total. The van der Waals surface area contributed by atoms with Gasteiger partial charge < -0.3 is 4.57 Å². The van der Waals surface area contributed by atoms with Crippen LogP contribution in [0.4, 0.5) is 0 Å². The minimum atomic E-state index is 0.503. The molecule has 2 aromatic rings. The van der Waals surface area contributed by atoms with Crippen LogP contribution >= 0.6 is 11.6 Å². The summed E-state index contributed by atoms with van der Waals surface area (Å²) in [5.41, 5.74) is 1.01. The summed E-state index contributed by atoms with van der Waals surface area (Å²) in [6.07, 6.45) is 7.49. The van der Waals surface area contributed by atoms with Crippen LogP contribution in [-0.4, -0.2) is 14.5 Å². The van der Waals surface area contributed by atoms with E-state index in [0.29, 0.717) is 5.15 Å². The Labute approximate surface area is 93.7 Å². The van der Waals surface area contributed by atoms with Gasteiger partial charge in [-0.3, -0.25) is 0 Å². The molecule has 0 saturated carbocycles. The lowest BCUT2D eigenvalue weighted by Gasteiger charge is -2.06. The predicted molar refractivity (Wildman–Crippen MR) is 60.4 cm³/mol. The van der Waals surface area contributed by atoms with Crippen LogP contribution in [0.15, 0.2) is 30.7 Å². The molecule has 2 rings (SSSR count). The van der Waals surface area contributed by atoms with Gasteiger partial charge in [0.25, 0.3) is 0 Å². The third-order valence-electron chi connectivity index (χ3n) is 2.18. The number of hydrogen-bond acceptors (Lipinski definition) is 2. The van der Waals surface area contributed by atoms with Crippen molar-refractivity contribution in [2.45, 2.75) is 19.8 Å². The van der Waals surface area contributed by atoms with E-state index in [4.69, 9.17) is 11.6 Å². The molecule has 0 N–H and O–H groups in total. The second-order valence-electron chi connectivity index (χ2n) is 3.30. The van der Waals surface area contributed by atoms with Gasteiger partial charge in [0.15, 0.2) is 0 Å². The summed E-state index contributed by atoms with van der Waals surface area (Å²) in [5, 5.41) is 0.503. The number of aryl methyl sites for hydroxylation is 1. The highest BCUT2D eigenvalue weighted by Gasteiger charge is 2.04. The van der Waals surface area contributed by atoms with Gasteiger partial charge in [-0.1, -0.05) is 18.5 Å². The van der Waals surface area contributed by atoms with E-state index in [1.54, 1.807) is 12.4 Å². The molecule has 15 heavy (non-hydrogen) atoms. The highest BCUT2D eigenvalue weighted by Crippen LogP contribution is 2.14. The Bertz CT molecular complexity index is 451. The topological polar surface area (TPSA) is 30.7 Å². The van der Waals surface area contributed by atoms with Crippen LogP contribution in [0.25, 0.3) is 5.69 Å². The fraction of sp³-hybridized carbons (Fsp3) is 0.273. The van der Waals surface area contributed by atoms with Crippen molar-refractivity contribution in [3.05, 3.63) is 41.7 Å². The Hall–Kier alpha value is -1.35. The van der Waals surface area contributed by atoms with Gasteiger partial charge in [0, 0.05) is 25.0 Å². The Kier molecular flexibility index (Phi) is 3.02. The van der Waals surface area contributed by atoms with Gasteiger partial charge in [-0.25, -0.2) is 9.97 Å². The second-order valence-corrected chi connectivity index (χ2v) is 3.69. The lowest BCUT2D eigenvalue weighted by molar-refractivity contribution is 0.808. The SMILES string of the molecule is CCCc1nccn1-c1ccnc(Cl)c1. The third kappa shape index (κ3) is 2.18. The van der Waals surface area contributed by atoms with Gasteiger partial charge in [0.05, 0.1) is 5.69 Å². The summed E-state index contributed by atoms with van der Waals surface area (Å²) in [6.45, 7) is 2.14. The average Bonchev–Trinajstić information content (AvgIpc) is 2.66. The molecule has 0 aliphatic rings. The molecule has 0 bridgehead atoms. The first-order valence-electron chi connectivity index (χ1n) is 4.95. The summed E-state index contributed by atoms with van der Waals surface area (Å²) in [4.78, 5) is 8.27. The number of hydrogen-bond donors (Lipinski definition) is 0. The molecule has 4 heteroatoms. The van der Waals surface area contributed by atoms with E-state index in [0.717, 1.165) is 24.4 Å². The molecule has 0 aromatic carbocycles. The van der Waals surface area contributed by atoms with Crippen LogP contribution in [0.3, 0.4) is 0 Å². The van der Waals surface area contributed by atoms with E-state index in [1.807, 2.05) is 22.9 Å². The van der Waals surface area contributed by atoms with Crippen molar-refractivity contribution in [3.8, 4) is 5.69 Å². The maximum absolute atomic E-state index is 5.85. The Morgan fingerprint density at radius 1 is 1.33 bits per heavy atom. The molecule has 0 aliphatic carbocycles. The first-order chi connectivity index (χ1) is 7.31. The first-order valence-corrected chi connectivity index (χ1v) is 5.33. The molecular weight excluding hydrogens is 210 g/mol. The predicted octanol–water partition coefficient (Wildman–Crippen LogP) is 2.87. The van der Waals surface area contributed by atoms with E-state index < -0.39 is 0 Å². The number of aromatic nitrogens is 3. The van der Waals surface area contributed by atoms with Crippen molar-refractivity contribution in [1.82, 2.24) is 14.5 Å². The van der Waals surface area contributed by atoms with Crippen molar-refractivity contribution < 1.29 is 0 Å². The Morgan fingerprint density at radius 2 is 2.20 bits per heavy atom. The van der Waals surface area contributed by atoms with Crippen LogP contribution in [0.1, 0.15) is 19.2 Å². The van der Waals surface area contributed by atoms with E-state index in [9.17, 15) is 0 Å². The molecule has 2 aromatic heterocycles. The zero-order valence-electron chi connectivity index (χ0n) is 8.52. The van der Waals surface area contributed by atoms with Gasteiger partial charge in [-0.05, 0) is 18.6 Å². The quantitative estimate of drug-likeness (QED) is 0.747. The first kappa shape index (κ1) is 10.2. The third-order valence-corrected chi connectivity index (χ3v) is 2.39. The molecule has 0 spiro atoms. The highest BCUT2D eigenvalue weighted by atomic mass is 35.5. The molecule has 0 unspecified atom stereocenters. The highest BCUT2D eigenvalue weighted by molar-refractivity contribution is 6.29. The lowest BCUT2D eigenvalue weighted by Crippen LogP contribution is -2.00. The summed E-state index contributed by atoms with van der Waals surface area (Å²) >= 11 is 5.85. The summed E-state index contributed by atoms with van der Waals surface area (Å²) < 4.78 is 2.04. The van der Waals surface area contributed by atoms with Gasteiger partial charge >= 0.3 is 0 Å². The average molecular weight is 222 g/mol. The fourth-order valence-corrected chi connectivity index (χ4v) is 1.69. The van der Waals surface area contributed by atoms with Crippen molar-refractivity contribution in [2.24, 2.45) is 0 Å². The fourth-order valence-electron chi connectivity index (χ4n) is 1.52. The molecule has 0 atom stereocenters. The number of nitrogens with zero attached hydrogens (tertiary/aromatic N) is 3. The largest absolute Gasteiger partial charge is 0.304 e.